The highest BCUT2D eigenvalue weighted by molar-refractivity contribution is 7.45. The normalized spacial score (nSPS) is 13.7. The van der Waals surface area contributed by atoms with E-state index >= 15 is 0 Å². The number of carbonyl (C=O) groups is 2. The van der Waals surface area contributed by atoms with Crippen molar-refractivity contribution in [3.63, 3.8) is 0 Å². The number of ether oxygens (including phenoxy) is 2. The molecule has 0 aliphatic heterocycles. The molecule has 0 rings (SSSR count). The van der Waals surface area contributed by atoms with Crippen LogP contribution in [0.1, 0.15) is 335 Å². The molecule has 0 aromatic rings. The number of rotatable bonds is 69. The average Bonchev–Trinajstić information content (AvgIpc) is 3.58. The zero-order chi connectivity index (χ0) is 65.5. The molecule has 0 spiro atoms. The van der Waals surface area contributed by atoms with E-state index in [1.807, 2.05) is 21.1 Å². The van der Waals surface area contributed by atoms with Crippen LogP contribution in [0.4, 0.5) is 0 Å². The van der Waals surface area contributed by atoms with Gasteiger partial charge in [-0.2, -0.15) is 0 Å². The van der Waals surface area contributed by atoms with Crippen LogP contribution in [0.3, 0.4) is 0 Å². The third kappa shape index (κ3) is 73.7. The summed E-state index contributed by atoms with van der Waals surface area (Å²) in [4.78, 5) is 38.1. The van der Waals surface area contributed by atoms with Gasteiger partial charge >= 0.3 is 11.9 Å². The molecule has 0 saturated heterocycles. The molecule has 0 bridgehead atoms. The second-order valence-electron chi connectivity index (χ2n) is 26.3. The summed E-state index contributed by atoms with van der Waals surface area (Å²) in [6.07, 6.45) is 99.2. The molecule has 0 fully saturated rings. The van der Waals surface area contributed by atoms with Crippen LogP contribution in [0, 0.1) is 0 Å². The summed E-state index contributed by atoms with van der Waals surface area (Å²) in [5.74, 6) is -0.831. The van der Waals surface area contributed by atoms with Crippen molar-refractivity contribution < 1.29 is 42.1 Å². The van der Waals surface area contributed by atoms with Crippen molar-refractivity contribution in [3.05, 3.63) is 109 Å². The number of phosphoric acid groups is 1. The monoisotopic (exact) mass is 1280 g/mol. The first-order chi connectivity index (χ1) is 44.0. The maximum atomic E-state index is 12.9. The zero-order valence-corrected chi connectivity index (χ0v) is 60.2. The van der Waals surface area contributed by atoms with Gasteiger partial charge in [0, 0.05) is 12.8 Å². The van der Waals surface area contributed by atoms with Gasteiger partial charge in [-0.15, -0.1) is 0 Å². The van der Waals surface area contributed by atoms with Gasteiger partial charge in [0.05, 0.1) is 27.7 Å². The lowest BCUT2D eigenvalue weighted by atomic mass is 10.0. The van der Waals surface area contributed by atoms with Crippen LogP contribution < -0.4 is 4.89 Å². The lowest BCUT2D eigenvalue weighted by molar-refractivity contribution is -0.870. The summed E-state index contributed by atoms with van der Waals surface area (Å²) in [7, 11) is 1.16. The Balaban J connectivity index is 3.92. The zero-order valence-electron chi connectivity index (χ0n) is 59.3. The molecule has 2 unspecified atom stereocenters. The first-order valence-electron chi connectivity index (χ1n) is 37.6. The smallest absolute Gasteiger partial charge is 0.306 e. The van der Waals surface area contributed by atoms with E-state index in [4.69, 9.17) is 18.5 Å². The van der Waals surface area contributed by atoms with E-state index < -0.39 is 26.5 Å². The molecule has 0 aromatic heterocycles. The highest BCUT2D eigenvalue weighted by atomic mass is 31.2. The van der Waals surface area contributed by atoms with Crippen LogP contribution in [0.15, 0.2) is 109 Å². The van der Waals surface area contributed by atoms with E-state index in [9.17, 15) is 19.0 Å². The largest absolute Gasteiger partial charge is 0.756 e. The fraction of sp³-hybridized carbons (Fsp3) is 0.750. The average molecular weight is 1280 g/mol. The van der Waals surface area contributed by atoms with Crippen molar-refractivity contribution in [3.8, 4) is 0 Å². The molecular weight excluding hydrogens is 1130 g/mol. The Kier molecular flexibility index (Phi) is 67.4. The van der Waals surface area contributed by atoms with Gasteiger partial charge in [0.2, 0.25) is 0 Å². The molecule has 520 valence electrons. The van der Waals surface area contributed by atoms with E-state index in [0.717, 1.165) is 103 Å². The molecule has 0 heterocycles. The number of hydrogen-bond acceptors (Lipinski definition) is 8. The van der Waals surface area contributed by atoms with Gasteiger partial charge in [0.15, 0.2) is 6.10 Å². The molecule has 2 atom stereocenters. The predicted molar refractivity (Wildman–Crippen MR) is 388 cm³/mol. The Bertz CT molecular complexity index is 1890. The Morgan fingerprint density at radius 3 is 0.889 bits per heavy atom. The summed E-state index contributed by atoms with van der Waals surface area (Å²) < 4.78 is 34.3. The first kappa shape index (κ1) is 86.7. The van der Waals surface area contributed by atoms with Crippen LogP contribution in [-0.2, 0) is 32.7 Å². The molecule has 0 aliphatic carbocycles. The number of nitrogens with zero attached hydrogens (tertiary/aromatic N) is 1. The minimum atomic E-state index is -4.65. The Morgan fingerprint density at radius 2 is 0.600 bits per heavy atom. The Labute approximate surface area is 556 Å². The van der Waals surface area contributed by atoms with Gasteiger partial charge in [-0.3, -0.25) is 14.2 Å². The number of carbonyl (C=O) groups excluding carboxylic acids is 2. The minimum absolute atomic E-state index is 0.0344. The molecule has 0 saturated carbocycles. The second kappa shape index (κ2) is 70.0. The summed E-state index contributed by atoms with van der Waals surface area (Å²) in [6, 6.07) is 0. The van der Waals surface area contributed by atoms with Crippen molar-refractivity contribution in [2.75, 3.05) is 47.5 Å². The summed E-state index contributed by atoms with van der Waals surface area (Å²) in [5, 5.41) is 0. The molecule has 0 radical (unpaired) electrons. The molecule has 0 N–H and O–H groups in total. The standard InChI is InChI=1S/C80H142NO8P/c1-6-8-10-12-14-16-18-20-22-24-26-28-30-32-33-34-35-36-37-38-39-40-41-42-43-44-45-46-47-49-50-52-54-56-58-60-62-64-66-68-70-72-79(82)86-76-78(77-88-90(84,85)87-75-74-81(3,4)5)89-80(83)73-71-69-67-65-63-61-59-57-55-53-51-48-31-29-27-25-23-21-19-17-15-13-11-9-7-2/h8-11,14-17,20-23,26-29,48,51,78H,6-7,12-13,18-19,24-25,30-47,49-50,52-77H2,1-5H3/b10-8-,11-9-,16-14-,17-15-,22-20-,23-21-,28-26-,29-27-,51-48-. The van der Waals surface area contributed by atoms with E-state index in [1.54, 1.807) is 0 Å². The topological polar surface area (TPSA) is 111 Å². The van der Waals surface area contributed by atoms with Crippen LogP contribution in [-0.4, -0.2) is 70.0 Å². The number of likely N-dealkylation sites (N-methyl/N-ethyl adjacent to an activating group) is 1. The van der Waals surface area contributed by atoms with Crippen molar-refractivity contribution in [1.29, 1.82) is 0 Å². The number of phosphoric ester groups is 1. The van der Waals surface area contributed by atoms with E-state index in [0.29, 0.717) is 17.4 Å². The second-order valence-corrected chi connectivity index (χ2v) is 27.7. The Morgan fingerprint density at radius 1 is 0.344 bits per heavy atom. The number of esters is 2. The molecule has 10 heteroatoms. The van der Waals surface area contributed by atoms with E-state index in [1.165, 1.54) is 199 Å². The van der Waals surface area contributed by atoms with Crippen LogP contribution in [0.25, 0.3) is 0 Å². The van der Waals surface area contributed by atoms with Crippen molar-refractivity contribution in [2.24, 2.45) is 0 Å². The Hall–Kier alpha value is -3.33. The fourth-order valence-corrected chi connectivity index (χ4v) is 11.3. The molecule has 0 aliphatic rings. The summed E-state index contributed by atoms with van der Waals surface area (Å²) in [5.41, 5.74) is 0. The molecular formula is C80H142NO8P. The fourth-order valence-electron chi connectivity index (χ4n) is 10.6. The maximum Gasteiger partial charge on any atom is 0.306 e. The maximum absolute atomic E-state index is 12.9. The number of unbranched alkanes of at least 4 members (excludes halogenated alkanes) is 37. The third-order valence-electron chi connectivity index (χ3n) is 16.3. The molecule has 0 aromatic carbocycles. The van der Waals surface area contributed by atoms with Gasteiger partial charge in [0.25, 0.3) is 7.82 Å². The first-order valence-corrected chi connectivity index (χ1v) is 39.1. The van der Waals surface area contributed by atoms with Gasteiger partial charge in [0.1, 0.15) is 19.8 Å². The van der Waals surface area contributed by atoms with Gasteiger partial charge < -0.3 is 27.9 Å². The van der Waals surface area contributed by atoms with Crippen LogP contribution >= 0.6 is 7.82 Å². The molecule has 90 heavy (non-hydrogen) atoms. The third-order valence-corrected chi connectivity index (χ3v) is 17.3. The number of hydrogen-bond donors (Lipinski definition) is 0. The highest BCUT2D eigenvalue weighted by Gasteiger charge is 2.22. The van der Waals surface area contributed by atoms with Crippen LogP contribution in [0.2, 0.25) is 0 Å². The van der Waals surface area contributed by atoms with Crippen LogP contribution in [0.5, 0.6) is 0 Å². The van der Waals surface area contributed by atoms with Crippen molar-refractivity contribution >= 4 is 19.8 Å². The summed E-state index contributed by atoms with van der Waals surface area (Å²) >= 11 is 0. The van der Waals surface area contributed by atoms with E-state index in [2.05, 4.69) is 123 Å². The number of allylic oxidation sites excluding steroid dienone is 18. The number of quaternary nitrogens is 1. The van der Waals surface area contributed by atoms with Gasteiger partial charge in [-0.1, -0.05) is 335 Å². The lowest BCUT2D eigenvalue weighted by Crippen LogP contribution is -2.37. The minimum Gasteiger partial charge on any atom is -0.756 e. The lowest BCUT2D eigenvalue weighted by Gasteiger charge is -2.28. The predicted octanol–water partition coefficient (Wildman–Crippen LogP) is 24.2. The quantitative estimate of drug-likeness (QED) is 0.0195. The molecule has 0 amide bonds. The van der Waals surface area contributed by atoms with Crippen molar-refractivity contribution in [1.82, 2.24) is 0 Å². The van der Waals surface area contributed by atoms with Crippen molar-refractivity contribution in [2.45, 2.75) is 341 Å². The SMILES string of the molecule is CC/C=C\C/C=C\C/C=C\C/C=C\C/C=C\CCCCCCCCCCCC(=O)OC(COC(=O)CCCCCCCCCCCCCCCCCCCCCCCCCCCCCC/C=C\C/C=C\C/C=C\C/C=C\CC)COP(=O)([O-])OCC[N+](C)(C)C. The highest BCUT2D eigenvalue weighted by Crippen LogP contribution is 2.38. The van der Waals surface area contributed by atoms with E-state index in [-0.39, 0.29) is 32.0 Å². The summed E-state index contributed by atoms with van der Waals surface area (Å²) in [6.45, 7) is 4.04. The van der Waals surface area contributed by atoms with Gasteiger partial charge in [-0.25, -0.2) is 0 Å². The molecule has 9 nitrogen and oxygen atoms in total. The van der Waals surface area contributed by atoms with Gasteiger partial charge in [-0.05, 0) is 96.3 Å².